The second-order valence-electron chi connectivity index (χ2n) is 6.27. The molecule has 0 aliphatic carbocycles. The average Bonchev–Trinajstić information content (AvgIpc) is 2.91. The third kappa shape index (κ3) is 2.49. The van der Waals surface area contributed by atoms with E-state index in [-0.39, 0.29) is 11.7 Å². The molecule has 0 bridgehead atoms. The zero-order valence-electron chi connectivity index (χ0n) is 13.3. The lowest BCUT2D eigenvalue weighted by Crippen LogP contribution is -2.35. The molecule has 2 N–H and O–H groups in total. The number of aromatic amines is 1. The Kier molecular flexibility index (Phi) is 3.61. The molecule has 2 heterocycles. The lowest BCUT2D eigenvalue weighted by molar-refractivity contribution is 0.0732. The predicted octanol–water partition coefficient (Wildman–Crippen LogP) is 4.14. The fourth-order valence-corrected chi connectivity index (χ4v) is 3.71. The summed E-state index contributed by atoms with van der Waals surface area (Å²) >= 11 is 3.51. The Morgan fingerprint density at radius 2 is 2.08 bits per heavy atom. The zero-order valence-corrected chi connectivity index (χ0v) is 14.9. The number of amides is 1. The molecule has 0 spiro atoms. The fourth-order valence-electron chi connectivity index (χ4n) is 3.35. The molecule has 0 radical (unpaired) electrons. The topological polar surface area (TPSA) is 56.3 Å². The minimum absolute atomic E-state index is 0.0486. The minimum atomic E-state index is -0.123. The van der Waals surface area contributed by atoms with Crippen LogP contribution in [0.15, 0.2) is 40.9 Å². The number of carbonyl (C=O) groups is 1. The maximum atomic E-state index is 12.8. The van der Waals surface area contributed by atoms with Crippen molar-refractivity contribution in [2.75, 3.05) is 6.54 Å². The fraction of sp³-hybridized carbons (Fsp3) is 0.211. The molecular weight excluding hydrogens is 368 g/mol. The van der Waals surface area contributed by atoms with Crippen LogP contribution in [0.25, 0.3) is 10.9 Å². The zero-order chi connectivity index (χ0) is 16.8. The van der Waals surface area contributed by atoms with Gasteiger partial charge in [0.1, 0.15) is 5.75 Å². The van der Waals surface area contributed by atoms with Gasteiger partial charge in [-0.1, -0.05) is 22.0 Å². The summed E-state index contributed by atoms with van der Waals surface area (Å²) < 4.78 is 1.02. The second-order valence-corrected chi connectivity index (χ2v) is 7.18. The largest absolute Gasteiger partial charge is 0.507 e. The summed E-state index contributed by atoms with van der Waals surface area (Å²) in [6, 6.07) is 11.3. The summed E-state index contributed by atoms with van der Waals surface area (Å²) in [4.78, 5) is 18.1. The lowest BCUT2D eigenvalue weighted by atomic mass is 10.0. The molecule has 3 aromatic rings. The molecule has 0 fully saturated rings. The third-order valence-corrected chi connectivity index (χ3v) is 5.10. The van der Waals surface area contributed by atoms with Crippen LogP contribution in [0.3, 0.4) is 0 Å². The number of aryl methyl sites for hydroxylation is 1. The molecule has 2 aromatic carbocycles. The summed E-state index contributed by atoms with van der Waals surface area (Å²) in [6.07, 6.45) is 0.792. The van der Waals surface area contributed by atoms with Crippen LogP contribution >= 0.6 is 15.9 Å². The van der Waals surface area contributed by atoms with Crippen LogP contribution in [-0.4, -0.2) is 27.4 Å². The number of hydrogen-bond donors (Lipinski definition) is 2. The van der Waals surface area contributed by atoms with Gasteiger partial charge in [-0.15, -0.1) is 0 Å². The first-order chi connectivity index (χ1) is 11.5. The summed E-state index contributed by atoms with van der Waals surface area (Å²) in [5, 5.41) is 11.2. The number of nitrogens with zero attached hydrogens (tertiary/aromatic N) is 1. The van der Waals surface area contributed by atoms with Crippen molar-refractivity contribution in [2.24, 2.45) is 0 Å². The molecule has 4 nitrogen and oxygen atoms in total. The van der Waals surface area contributed by atoms with E-state index >= 15 is 0 Å². The second kappa shape index (κ2) is 5.67. The number of carbonyl (C=O) groups excluding carboxylic acids is 1. The molecule has 5 heteroatoms. The van der Waals surface area contributed by atoms with Crippen LogP contribution in [0.2, 0.25) is 0 Å². The smallest absolute Gasteiger partial charge is 0.257 e. The van der Waals surface area contributed by atoms with E-state index in [9.17, 15) is 9.90 Å². The van der Waals surface area contributed by atoms with Crippen LogP contribution in [0, 0.1) is 6.92 Å². The first-order valence-corrected chi connectivity index (χ1v) is 8.70. The van der Waals surface area contributed by atoms with Gasteiger partial charge in [0.05, 0.1) is 5.56 Å². The van der Waals surface area contributed by atoms with Gasteiger partial charge in [0.2, 0.25) is 0 Å². The van der Waals surface area contributed by atoms with E-state index < -0.39 is 0 Å². The molecule has 0 atom stereocenters. The van der Waals surface area contributed by atoms with Crippen molar-refractivity contribution in [3.05, 3.63) is 63.3 Å². The highest BCUT2D eigenvalue weighted by atomic mass is 79.9. The first kappa shape index (κ1) is 15.3. The van der Waals surface area contributed by atoms with Crippen molar-refractivity contribution in [1.29, 1.82) is 0 Å². The molecule has 122 valence electrons. The number of aromatic nitrogens is 1. The van der Waals surface area contributed by atoms with Crippen molar-refractivity contribution in [3.8, 4) is 5.75 Å². The summed E-state index contributed by atoms with van der Waals surface area (Å²) in [7, 11) is 0. The Morgan fingerprint density at radius 3 is 2.88 bits per heavy atom. The van der Waals surface area contributed by atoms with Crippen molar-refractivity contribution in [2.45, 2.75) is 19.9 Å². The van der Waals surface area contributed by atoms with Crippen molar-refractivity contribution in [1.82, 2.24) is 9.88 Å². The summed E-state index contributed by atoms with van der Waals surface area (Å²) in [6.45, 7) is 3.09. The molecule has 0 unspecified atom stereocenters. The summed E-state index contributed by atoms with van der Waals surface area (Å²) in [5.74, 6) is -0.0741. The number of hydrogen-bond acceptors (Lipinski definition) is 2. The van der Waals surface area contributed by atoms with Crippen molar-refractivity contribution in [3.63, 3.8) is 0 Å². The maximum absolute atomic E-state index is 12.8. The van der Waals surface area contributed by atoms with E-state index in [1.54, 1.807) is 17.0 Å². The van der Waals surface area contributed by atoms with Gasteiger partial charge >= 0.3 is 0 Å². The first-order valence-electron chi connectivity index (χ1n) is 7.91. The molecular formula is C19H17BrN2O2. The number of phenolic OH excluding ortho intramolecular Hbond substituents is 1. The van der Waals surface area contributed by atoms with Crippen LogP contribution in [0.4, 0.5) is 0 Å². The Morgan fingerprint density at radius 1 is 1.25 bits per heavy atom. The molecule has 1 aliphatic rings. The van der Waals surface area contributed by atoms with Gasteiger partial charge in [0, 0.05) is 46.1 Å². The van der Waals surface area contributed by atoms with Gasteiger partial charge in [0.25, 0.3) is 5.91 Å². The normalized spacial score (nSPS) is 14.0. The molecule has 1 aliphatic heterocycles. The standard InChI is InChI=1S/C19H17BrN2O2/c1-11-2-4-13(18(23)8-11)19(24)22-7-6-17-15(10-22)14-9-12(20)3-5-16(14)21-17/h2-5,8-9,21,23H,6-7,10H2,1H3. The molecule has 24 heavy (non-hydrogen) atoms. The Bertz CT molecular complexity index is 961. The van der Waals surface area contributed by atoms with E-state index in [1.807, 2.05) is 19.1 Å². The molecule has 4 rings (SSSR count). The highest BCUT2D eigenvalue weighted by Gasteiger charge is 2.26. The van der Waals surface area contributed by atoms with Crippen molar-refractivity contribution >= 4 is 32.7 Å². The number of nitrogens with one attached hydrogen (secondary N) is 1. The number of phenols is 1. The highest BCUT2D eigenvalue weighted by Crippen LogP contribution is 2.31. The number of fused-ring (bicyclic) bond motifs is 3. The Balaban J connectivity index is 1.69. The molecule has 1 aromatic heterocycles. The summed E-state index contributed by atoms with van der Waals surface area (Å²) in [5.41, 5.74) is 4.75. The lowest BCUT2D eigenvalue weighted by Gasteiger charge is -2.27. The third-order valence-electron chi connectivity index (χ3n) is 4.61. The highest BCUT2D eigenvalue weighted by molar-refractivity contribution is 9.10. The van der Waals surface area contributed by atoms with Gasteiger partial charge in [-0.3, -0.25) is 4.79 Å². The Hall–Kier alpha value is -2.27. The van der Waals surface area contributed by atoms with E-state index in [4.69, 9.17) is 0 Å². The number of benzene rings is 2. The van der Waals surface area contributed by atoms with Gasteiger partial charge in [-0.05, 0) is 42.8 Å². The molecule has 0 saturated heterocycles. The van der Waals surface area contributed by atoms with Crippen LogP contribution in [-0.2, 0) is 13.0 Å². The maximum Gasteiger partial charge on any atom is 0.257 e. The SMILES string of the molecule is Cc1ccc(C(=O)N2CCc3[nH]c4ccc(Br)cc4c3C2)c(O)c1. The van der Waals surface area contributed by atoms with E-state index in [2.05, 4.69) is 33.0 Å². The predicted molar refractivity (Wildman–Crippen MR) is 97.3 cm³/mol. The average molecular weight is 385 g/mol. The molecule has 1 amide bonds. The van der Waals surface area contributed by atoms with Gasteiger partial charge < -0.3 is 15.0 Å². The number of halogens is 1. The van der Waals surface area contributed by atoms with Crippen LogP contribution in [0.1, 0.15) is 27.2 Å². The molecule has 0 saturated carbocycles. The van der Waals surface area contributed by atoms with Crippen LogP contribution < -0.4 is 0 Å². The minimum Gasteiger partial charge on any atom is -0.507 e. The van der Waals surface area contributed by atoms with Crippen LogP contribution in [0.5, 0.6) is 5.75 Å². The van der Waals surface area contributed by atoms with Gasteiger partial charge in [-0.25, -0.2) is 0 Å². The number of aromatic hydroxyl groups is 1. The van der Waals surface area contributed by atoms with Gasteiger partial charge in [-0.2, -0.15) is 0 Å². The van der Waals surface area contributed by atoms with Crippen molar-refractivity contribution < 1.29 is 9.90 Å². The monoisotopic (exact) mass is 384 g/mol. The quantitative estimate of drug-likeness (QED) is 0.662. The number of rotatable bonds is 1. The van der Waals surface area contributed by atoms with E-state index in [1.165, 1.54) is 5.69 Å². The Labute approximate surface area is 148 Å². The van der Waals surface area contributed by atoms with E-state index in [0.717, 1.165) is 32.9 Å². The number of H-pyrrole nitrogens is 1. The van der Waals surface area contributed by atoms with Gasteiger partial charge in [0.15, 0.2) is 0 Å². The van der Waals surface area contributed by atoms with E-state index in [0.29, 0.717) is 18.7 Å².